The van der Waals surface area contributed by atoms with Crippen molar-refractivity contribution >= 4 is 23.2 Å². The molecule has 0 spiro atoms. The average molecular weight is 348 g/mol. The predicted octanol–water partition coefficient (Wildman–Crippen LogP) is 4.78. The standard InChI is InChI=1S/C19H22ClNO3/c1-14(2)11-12-23-16-9-7-15(8-10-16)21-19(22)13-24-18-6-4-3-5-17(18)20/h3-10,14H,11-13H2,1-2H3,(H,21,22). The van der Waals surface area contributed by atoms with Gasteiger partial charge in [-0.3, -0.25) is 4.79 Å². The Morgan fingerprint density at radius 2 is 1.79 bits per heavy atom. The molecule has 0 heterocycles. The fraction of sp³-hybridized carbons (Fsp3) is 0.316. The quantitative estimate of drug-likeness (QED) is 0.747. The molecule has 0 bridgehead atoms. The van der Waals surface area contributed by atoms with Crippen LogP contribution >= 0.6 is 11.6 Å². The molecule has 0 unspecified atom stereocenters. The zero-order chi connectivity index (χ0) is 17.4. The lowest BCUT2D eigenvalue weighted by Gasteiger charge is -2.10. The van der Waals surface area contributed by atoms with Gasteiger partial charge in [0.1, 0.15) is 11.5 Å². The molecule has 0 radical (unpaired) electrons. The maximum Gasteiger partial charge on any atom is 0.262 e. The van der Waals surface area contributed by atoms with Crippen LogP contribution in [0.15, 0.2) is 48.5 Å². The van der Waals surface area contributed by atoms with Crippen molar-refractivity contribution in [1.82, 2.24) is 0 Å². The van der Waals surface area contributed by atoms with Crippen molar-refractivity contribution in [3.8, 4) is 11.5 Å². The van der Waals surface area contributed by atoms with E-state index in [2.05, 4.69) is 19.2 Å². The summed E-state index contributed by atoms with van der Waals surface area (Å²) in [5.74, 6) is 1.65. The van der Waals surface area contributed by atoms with E-state index in [1.807, 2.05) is 12.1 Å². The van der Waals surface area contributed by atoms with E-state index in [1.165, 1.54) is 0 Å². The fourth-order valence-electron chi connectivity index (χ4n) is 1.95. The minimum atomic E-state index is -0.247. The number of nitrogens with one attached hydrogen (secondary N) is 1. The predicted molar refractivity (Wildman–Crippen MR) is 97.0 cm³/mol. The van der Waals surface area contributed by atoms with Gasteiger partial charge in [-0.2, -0.15) is 0 Å². The van der Waals surface area contributed by atoms with Crippen molar-refractivity contribution in [2.45, 2.75) is 20.3 Å². The number of amides is 1. The van der Waals surface area contributed by atoms with E-state index in [0.717, 1.165) is 12.2 Å². The Balaban J connectivity index is 1.78. The lowest BCUT2D eigenvalue weighted by Crippen LogP contribution is -2.20. The van der Waals surface area contributed by atoms with Crippen LogP contribution < -0.4 is 14.8 Å². The molecule has 4 nitrogen and oxygen atoms in total. The molecular weight excluding hydrogens is 326 g/mol. The van der Waals surface area contributed by atoms with Crippen LogP contribution in [0.25, 0.3) is 0 Å². The zero-order valence-corrected chi connectivity index (χ0v) is 14.7. The highest BCUT2D eigenvalue weighted by molar-refractivity contribution is 6.32. The Bertz CT molecular complexity index is 656. The highest BCUT2D eigenvalue weighted by Gasteiger charge is 2.06. The van der Waals surface area contributed by atoms with Crippen LogP contribution in [0.1, 0.15) is 20.3 Å². The molecule has 2 aromatic rings. The summed E-state index contributed by atoms with van der Waals surface area (Å²) in [6.07, 6.45) is 1.01. The molecule has 0 fully saturated rings. The Hall–Kier alpha value is -2.20. The zero-order valence-electron chi connectivity index (χ0n) is 13.9. The molecule has 0 aromatic heterocycles. The summed E-state index contributed by atoms with van der Waals surface area (Å²) in [5.41, 5.74) is 0.693. The Labute approximate surface area is 147 Å². The number of halogens is 1. The number of hydrogen-bond donors (Lipinski definition) is 1. The van der Waals surface area contributed by atoms with Crippen LogP contribution in [0, 0.1) is 5.92 Å². The summed E-state index contributed by atoms with van der Waals surface area (Å²) in [7, 11) is 0. The van der Waals surface area contributed by atoms with Crippen molar-refractivity contribution in [3.05, 3.63) is 53.6 Å². The van der Waals surface area contributed by atoms with Gasteiger partial charge in [0.05, 0.1) is 11.6 Å². The van der Waals surface area contributed by atoms with Crippen LogP contribution in [0.5, 0.6) is 11.5 Å². The third kappa shape index (κ3) is 6.13. The van der Waals surface area contributed by atoms with Gasteiger partial charge in [0, 0.05) is 5.69 Å². The minimum absolute atomic E-state index is 0.101. The molecule has 0 aliphatic rings. The lowest BCUT2D eigenvalue weighted by atomic mass is 10.1. The Morgan fingerprint density at radius 3 is 2.46 bits per heavy atom. The molecule has 1 amide bonds. The van der Waals surface area contributed by atoms with Crippen LogP contribution in [-0.2, 0) is 4.79 Å². The van der Waals surface area contributed by atoms with Gasteiger partial charge in [-0.1, -0.05) is 37.6 Å². The van der Waals surface area contributed by atoms with E-state index < -0.39 is 0 Å². The van der Waals surface area contributed by atoms with E-state index >= 15 is 0 Å². The number of anilines is 1. The number of rotatable bonds is 8. The lowest BCUT2D eigenvalue weighted by molar-refractivity contribution is -0.118. The first-order chi connectivity index (χ1) is 11.5. The summed E-state index contributed by atoms with van der Waals surface area (Å²) >= 11 is 5.98. The third-order valence-electron chi connectivity index (χ3n) is 3.30. The summed E-state index contributed by atoms with van der Waals surface area (Å²) in [6, 6.07) is 14.3. The number of hydrogen-bond acceptors (Lipinski definition) is 3. The van der Waals surface area contributed by atoms with Crippen LogP contribution in [0.4, 0.5) is 5.69 Å². The molecule has 2 aromatic carbocycles. The van der Waals surface area contributed by atoms with Gasteiger partial charge in [-0.15, -0.1) is 0 Å². The molecule has 1 N–H and O–H groups in total. The Morgan fingerprint density at radius 1 is 1.08 bits per heavy atom. The smallest absolute Gasteiger partial charge is 0.262 e. The molecule has 5 heteroatoms. The second kappa shape index (κ2) is 9.18. The molecule has 0 saturated carbocycles. The second-order valence-electron chi connectivity index (χ2n) is 5.82. The largest absolute Gasteiger partial charge is 0.494 e. The first-order valence-corrected chi connectivity index (χ1v) is 8.32. The van der Waals surface area contributed by atoms with Gasteiger partial charge in [0.25, 0.3) is 5.91 Å². The van der Waals surface area contributed by atoms with Gasteiger partial charge in [0.15, 0.2) is 6.61 Å². The number of carbonyl (C=O) groups excluding carboxylic acids is 1. The molecule has 0 aliphatic carbocycles. The van der Waals surface area contributed by atoms with E-state index in [1.54, 1.807) is 36.4 Å². The van der Waals surface area contributed by atoms with Crippen molar-refractivity contribution in [2.75, 3.05) is 18.5 Å². The third-order valence-corrected chi connectivity index (χ3v) is 3.61. The summed E-state index contributed by atoms with van der Waals surface area (Å²) in [4.78, 5) is 11.9. The minimum Gasteiger partial charge on any atom is -0.494 e. The fourth-order valence-corrected chi connectivity index (χ4v) is 2.14. The summed E-state index contributed by atoms with van der Waals surface area (Å²) < 4.78 is 11.0. The molecule has 2 rings (SSSR count). The number of benzene rings is 2. The van der Waals surface area contributed by atoms with Gasteiger partial charge in [-0.25, -0.2) is 0 Å². The van der Waals surface area contributed by atoms with E-state index in [-0.39, 0.29) is 12.5 Å². The van der Waals surface area contributed by atoms with E-state index in [4.69, 9.17) is 21.1 Å². The molecular formula is C19H22ClNO3. The average Bonchev–Trinajstić information content (AvgIpc) is 2.55. The monoisotopic (exact) mass is 347 g/mol. The Kier molecular flexibility index (Phi) is 6.94. The van der Waals surface area contributed by atoms with E-state index in [9.17, 15) is 4.79 Å². The van der Waals surface area contributed by atoms with Gasteiger partial charge in [-0.05, 0) is 48.7 Å². The normalized spacial score (nSPS) is 10.5. The highest BCUT2D eigenvalue weighted by atomic mass is 35.5. The molecule has 24 heavy (non-hydrogen) atoms. The van der Waals surface area contributed by atoms with Crippen LogP contribution in [0.3, 0.4) is 0 Å². The number of carbonyl (C=O) groups is 1. The summed E-state index contributed by atoms with van der Waals surface area (Å²) in [6.45, 7) is 4.91. The molecule has 0 saturated heterocycles. The SMILES string of the molecule is CC(C)CCOc1ccc(NC(=O)COc2ccccc2Cl)cc1. The first kappa shape index (κ1) is 18.1. The maximum atomic E-state index is 11.9. The van der Waals surface area contributed by atoms with Crippen molar-refractivity contribution < 1.29 is 14.3 Å². The molecule has 128 valence electrons. The van der Waals surface area contributed by atoms with Crippen LogP contribution in [-0.4, -0.2) is 19.1 Å². The van der Waals surface area contributed by atoms with Gasteiger partial charge < -0.3 is 14.8 Å². The van der Waals surface area contributed by atoms with Crippen molar-refractivity contribution in [2.24, 2.45) is 5.92 Å². The summed E-state index contributed by atoms with van der Waals surface area (Å²) in [5, 5.41) is 3.25. The van der Waals surface area contributed by atoms with Crippen molar-refractivity contribution in [1.29, 1.82) is 0 Å². The topological polar surface area (TPSA) is 47.6 Å². The maximum absolute atomic E-state index is 11.9. The second-order valence-corrected chi connectivity index (χ2v) is 6.23. The van der Waals surface area contributed by atoms with Crippen LogP contribution in [0.2, 0.25) is 5.02 Å². The highest BCUT2D eigenvalue weighted by Crippen LogP contribution is 2.23. The van der Waals surface area contributed by atoms with Gasteiger partial charge in [0.2, 0.25) is 0 Å². The number of para-hydroxylation sites is 1. The number of ether oxygens (including phenoxy) is 2. The van der Waals surface area contributed by atoms with Crippen molar-refractivity contribution in [3.63, 3.8) is 0 Å². The molecule has 0 atom stereocenters. The van der Waals surface area contributed by atoms with Gasteiger partial charge >= 0.3 is 0 Å². The first-order valence-electron chi connectivity index (χ1n) is 7.94. The molecule has 0 aliphatic heterocycles. The van der Waals surface area contributed by atoms with E-state index in [0.29, 0.717) is 29.0 Å².